The second-order valence-electron chi connectivity index (χ2n) is 6.15. The second kappa shape index (κ2) is 7.25. The maximum absolute atomic E-state index is 12.6. The van der Waals surface area contributed by atoms with Gasteiger partial charge in [0.25, 0.3) is 5.91 Å². The Bertz CT molecular complexity index is 1200. The van der Waals surface area contributed by atoms with Gasteiger partial charge in [0, 0.05) is 11.6 Å². The summed E-state index contributed by atoms with van der Waals surface area (Å²) < 4.78 is 6.97. The van der Waals surface area contributed by atoms with Crippen molar-refractivity contribution in [1.82, 2.24) is 20.0 Å². The molecule has 138 valence electrons. The molecule has 0 spiro atoms. The van der Waals surface area contributed by atoms with Crippen LogP contribution in [0.25, 0.3) is 10.9 Å². The number of fused-ring (bicyclic) bond motifs is 1. The van der Waals surface area contributed by atoms with Crippen molar-refractivity contribution in [3.8, 4) is 11.8 Å². The molecule has 4 rings (SSSR count). The molecule has 0 aliphatic heterocycles. The number of rotatable bonds is 5. The van der Waals surface area contributed by atoms with E-state index in [9.17, 15) is 4.79 Å². The van der Waals surface area contributed by atoms with Gasteiger partial charge in [0.15, 0.2) is 5.69 Å². The Morgan fingerprint density at radius 3 is 3.00 bits per heavy atom. The Labute approximate surface area is 160 Å². The van der Waals surface area contributed by atoms with Gasteiger partial charge in [-0.15, -0.1) is 0 Å². The zero-order valence-electron chi connectivity index (χ0n) is 15.0. The van der Waals surface area contributed by atoms with Crippen LogP contribution in [0.4, 0.5) is 5.69 Å². The zero-order valence-corrected chi connectivity index (χ0v) is 15.0. The van der Waals surface area contributed by atoms with Crippen LogP contribution in [-0.2, 0) is 6.54 Å². The molecule has 4 aromatic rings. The van der Waals surface area contributed by atoms with Crippen molar-refractivity contribution in [3.63, 3.8) is 0 Å². The highest BCUT2D eigenvalue weighted by Crippen LogP contribution is 2.25. The molecule has 28 heavy (non-hydrogen) atoms. The van der Waals surface area contributed by atoms with Gasteiger partial charge >= 0.3 is 0 Å². The SMILES string of the molecule is COc1cccc2c(C(=O)Nc3cnn(Cc4cccc(C#N)c4)c3)n[nH]c12. The molecule has 0 aliphatic carbocycles. The van der Waals surface area contributed by atoms with Gasteiger partial charge in [0.2, 0.25) is 0 Å². The number of methoxy groups -OCH3 is 1. The van der Waals surface area contributed by atoms with Gasteiger partial charge in [-0.3, -0.25) is 14.6 Å². The van der Waals surface area contributed by atoms with Crippen LogP contribution < -0.4 is 10.1 Å². The number of aromatic nitrogens is 4. The number of hydrogen-bond donors (Lipinski definition) is 2. The molecule has 2 aromatic carbocycles. The summed E-state index contributed by atoms with van der Waals surface area (Å²) in [6.45, 7) is 0.494. The van der Waals surface area contributed by atoms with Crippen LogP contribution in [0.15, 0.2) is 54.9 Å². The lowest BCUT2D eigenvalue weighted by atomic mass is 10.1. The number of ether oxygens (including phenoxy) is 1. The van der Waals surface area contributed by atoms with Crippen molar-refractivity contribution in [2.75, 3.05) is 12.4 Å². The fraction of sp³-hybridized carbons (Fsp3) is 0.100. The van der Waals surface area contributed by atoms with Gasteiger partial charge in [-0.1, -0.05) is 24.3 Å². The highest BCUT2D eigenvalue weighted by molar-refractivity contribution is 6.11. The molecular formula is C20H16N6O2. The average Bonchev–Trinajstić information content (AvgIpc) is 3.34. The highest BCUT2D eigenvalue weighted by Gasteiger charge is 2.17. The Balaban J connectivity index is 1.51. The summed E-state index contributed by atoms with van der Waals surface area (Å²) in [6, 6.07) is 14.8. The summed E-state index contributed by atoms with van der Waals surface area (Å²) in [7, 11) is 1.57. The van der Waals surface area contributed by atoms with Crippen LogP contribution in [0, 0.1) is 11.3 Å². The number of nitrogens with zero attached hydrogens (tertiary/aromatic N) is 4. The third kappa shape index (κ3) is 3.29. The van der Waals surface area contributed by atoms with Crippen LogP contribution in [0.1, 0.15) is 21.6 Å². The summed E-state index contributed by atoms with van der Waals surface area (Å²) in [5.41, 5.74) is 3.05. The van der Waals surface area contributed by atoms with E-state index in [1.54, 1.807) is 42.4 Å². The first-order valence-electron chi connectivity index (χ1n) is 8.52. The van der Waals surface area contributed by atoms with Gasteiger partial charge in [0.1, 0.15) is 11.3 Å². The van der Waals surface area contributed by atoms with Crippen molar-refractivity contribution >= 4 is 22.5 Å². The minimum Gasteiger partial charge on any atom is -0.494 e. The zero-order chi connectivity index (χ0) is 19.5. The molecule has 2 N–H and O–H groups in total. The number of aromatic amines is 1. The lowest BCUT2D eigenvalue weighted by molar-refractivity contribution is 0.102. The first kappa shape index (κ1) is 17.3. The molecular weight excluding hydrogens is 356 g/mol. The third-order valence-corrected chi connectivity index (χ3v) is 4.29. The quantitative estimate of drug-likeness (QED) is 0.560. The molecule has 8 heteroatoms. The minimum absolute atomic E-state index is 0.281. The van der Waals surface area contributed by atoms with Crippen LogP contribution >= 0.6 is 0 Å². The Morgan fingerprint density at radius 1 is 1.32 bits per heavy atom. The summed E-state index contributed by atoms with van der Waals surface area (Å²) in [5, 5.41) is 23.7. The topological polar surface area (TPSA) is 109 Å². The normalized spacial score (nSPS) is 10.6. The number of benzene rings is 2. The number of carbonyl (C=O) groups excluding carboxylic acids is 1. The molecule has 1 amide bonds. The number of hydrogen-bond acceptors (Lipinski definition) is 5. The predicted molar refractivity (Wildman–Crippen MR) is 103 cm³/mol. The van der Waals surface area contributed by atoms with E-state index in [1.165, 1.54) is 0 Å². The van der Waals surface area contributed by atoms with Gasteiger partial charge in [-0.25, -0.2) is 0 Å². The van der Waals surface area contributed by atoms with E-state index in [0.717, 1.165) is 5.56 Å². The monoisotopic (exact) mass is 372 g/mol. The number of carbonyl (C=O) groups is 1. The van der Waals surface area contributed by atoms with Crippen LogP contribution in [-0.4, -0.2) is 33.0 Å². The molecule has 2 heterocycles. The van der Waals surface area contributed by atoms with Gasteiger partial charge in [-0.2, -0.15) is 15.5 Å². The van der Waals surface area contributed by atoms with E-state index in [-0.39, 0.29) is 11.6 Å². The summed E-state index contributed by atoms with van der Waals surface area (Å²) in [6.07, 6.45) is 3.30. The number of nitrogens with one attached hydrogen (secondary N) is 2. The van der Waals surface area contributed by atoms with E-state index < -0.39 is 0 Å². The number of amides is 1. The van der Waals surface area contributed by atoms with Crippen LogP contribution in [0.2, 0.25) is 0 Å². The largest absolute Gasteiger partial charge is 0.494 e. The molecule has 0 bridgehead atoms. The number of nitriles is 1. The molecule has 0 saturated carbocycles. The van der Waals surface area contributed by atoms with Crippen molar-refractivity contribution in [3.05, 3.63) is 71.7 Å². The minimum atomic E-state index is -0.342. The standard InChI is InChI=1S/C20H16N6O2/c1-28-17-7-3-6-16-18(17)24-25-19(16)20(27)23-15-10-22-26(12-15)11-14-5-2-4-13(8-14)9-21/h2-8,10,12H,11H2,1H3,(H,23,27)(H,24,25). The fourth-order valence-electron chi connectivity index (χ4n) is 2.99. The number of anilines is 1. The van der Waals surface area contributed by atoms with Gasteiger partial charge < -0.3 is 10.1 Å². The van der Waals surface area contributed by atoms with Crippen molar-refractivity contribution in [2.24, 2.45) is 0 Å². The molecule has 0 saturated heterocycles. The van der Waals surface area contributed by atoms with Gasteiger partial charge in [0.05, 0.1) is 37.2 Å². The molecule has 0 atom stereocenters. The van der Waals surface area contributed by atoms with E-state index >= 15 is 0 Å². The summed E-state index contributed by atoms with van der Waals surface area (Å²) in [5.74, 6) is 0.280. The maximum Gasteiger partial charge on any atom is 0.276 e. The van der Waals surface area contributed by atoms with E-state index in [4.69, 9.17) is 10.00 Å². The molecule has 0 radical (unpaired) electrons. The molecule has 0 fully saturated rings. The lowest BCUT2D eigenvalue weighted by Crippen LogP contribution is -2.12. The highest BCUT2D eigenvalue weighted by atomic mass is 16.5. The van der Waals surface area contributed by atoms with Crippen LogP contribution in [0.5, 0.6) is 5.75 Å². The average molecular weight is 372 g/mol. The first-order chi connectivity index (χ1) is 13.7. The Morgan fingerprint density at radius 2 is 2.18 bits per heavy atom. The summed E-state index contributed by atoms with van der Waals surface area (Å²) in [4.78, 5) is 12.6. The molecule has 8 nitrogen and oxygen atoms in total. The van der Waals surface area contributed by atoms with Gasteiger partial charge in [-0.05, 0) is 23.8 Å². The fourth-order valence-corrected chi connectivity index (χ4v) is 2.99. The Hall–Kier alpha value is -4.12. The maximum atomic E-state index is 12.6. The van der Waals surface area contributed by atoms with E-state index in [0.29, 0.717) is 34.4 Å². The smallest absolute Gasteiger partial charge is 0.276 e. The first-order valence-corrected chi connectivity index (χ1v) is 8.52. The lowest BCUT2D eigenvalue weighted by Gasteiger charge is -2.03. The predicted octanol–water partition coefficient (Wildman–Crippen LogP) is 2.94. The van der Waals surface area contributed by atoms with E-state index in [2.05, 4.69) is 26.7 Å². The van der Waals surface area contributed by atoms with Crippen molar-refractivity contribution in [2.45, 2.75) is 6.54 Å². The molecule has 2 aromatic heterocycles. The molecule has 0 aliphatic rings. The van der Waals surface area contributed by atoms with Crippen molar-refractivity contribution < 1.29 is 9.53 Å². The van der Waals surface area contributed by atoms with Crippen LogP contribution in [0.3, 0.4) is 0 Å². The number of H-pyrrole nitrogens is 1. The molecule has 0 unspecified atom stereocenters. The van der Waals surface area contributed by atoms with E-state index in [1.807, 2.05) is 24.3 Å². The summed E-state index contributed by atoms with van der Waals surface area (Å²) >= 11 is 0. The van der Waals surface area contributed by atoms with Crippen molar-refractivity contribution in [1.29, 1.82) is 5.26 Å². The number of para-hydroxylation sites is 1. The second-order valence-corrected chi connectivity index (χ2v) is 6.15. The third-order valence-electron chi connectivity index (χ3n) is 4.29. The Kier molecular flexibility index (Phi) is 4.48.